The van der Waals surface area contributed by atoms with Crippen LogP contribution in [0.4, 0.5) is 29.5 Å². The molecule has 1 aromatic heterocycles. The number of carbonyl (C=O) groups excluding carboxylic acids is 1. The number of piperazine rings is 1. The number of amides is 2. The van der Waals surface area contributed by atoms with E-state index in [1.807, 2.05) is 4.90 Å². The van der Waals surface area contributed by atoms with Crippen molar-refractivity contribution in [1.29, 1.82) is 0 Å². The normalized spacial score (nSPS) is 15.2. The zero-order chi connectivity index (χ0) is 17.9. The van der Waals surface area contributed by atoms with E-state index in [0.717, 1.165) is 6.07 Å². The summed E-state index contributed by atoms with van der Waals surface area (Å²) in [5, 5.41) is 2.36. The maximum Gasteiger partial charge on any atom is 0.418 e. The highest BCUT2D eigenvalue weighted by Gasteiger charge is 2.34. The maximum absolute atomic E-state index is 13.0. The molecule has 0 spiro atoms. The third-order valence-corrected chi connectivity index (χ3v) is 3.91. The molecule has 0 aliphatic carbocycles. The van der Waals surface area contributed by atoms with Crippen molar-refractivity contribution < 1.29 is 18.0 Å². The van der Waals surface area contributed by atoms with Crippen LogP contribution in [0.2, 0.25) is 0 Å². The summed E-state index contributed by atoms with van der Waals surface area (Å²) in [6, 6.07) is 4.39. The van der Waals surface area contributed by atoms with Crippen molar-refractivity contribution in [1.82, 2.24) is 14.9 Å². The van der Waals surface area contributed by atoms with Crippen molar-refractivity contribution in [3.63, 3.8) is 0 Å². The number of rotatable bonds is 2. The first-order valence-corrected chi connectivity index (χ1v) is 7.68. The minimum absolute atomic E-state index is 0.239. The number of alkyl halides is 3. The van der Waals surface area contributed by atoms with Crippen molar-refractivity contribution in [2.75, 3.05) is 36.4 Å². The largest absolute Gasteiger partial charge is 0.418 e. The minimum atomic E-state index is -4.52. The molecule has 1 aliphatic rings. The van der Waals surface area contributed by atoms with Crippen molar-refractivity contribution in [2.24, 2.45) is 0 Å². The van der Waals surface area contributed by atoms with E-state index in [-0.39, 0.29) is 5.69 Å². The van der Waals surface area contributed by atoms with Crippen molar-refractivity contribution in [3.05, 3.63) is 48.4 Å². The molecule has 0 atom stereocenters. The number of urea groups is 1. The fraction of sp³-hybridized carbons (Fsp3) is 0.312. The van der Waals surface area contributed by atoms with E-state index in [9.17, 15) is 18.0 Å². The maximum atomic E-state index is 13.0. The molecule has 0 unspecified atom stereocenters. The number of para-hydroxylation sites is 1. The quantitative estimate of drug-likeness (QED) is 0.904. The summed E-state index contributed by atoms with van der Waals surface area (Å²) in [5.74, 6) is 0.713. The van der Waals surface area contributed by atoms with E-state index < -0.39 is 17.8 Å². The molecule has 2 aromatic rings. The Morgan fingerprint density at radius 3 is 2.44 bits per heavy atom. The van der Waals surface area contributed by atoms with Gasteiger partial charge in [0.2, 0.25) is 0 Å². The number of aromatic nitrogens is 2. The lowest BCUT2D eigenvalue weighted by Gasteiger charge is -2.35. The Kier molecular flexibility index (Phi) is 4.73. The molecule has 0 radical (unpaired) electrons. The average Bonchev–Trinajstić information content (AvgIpc) is 2.62. The van der Waals surface area contributed by atoms with E-state index in [1.165, 1.54) is 23.1 Å². The molecule has 25 heavy (non-hydrogen) atoms. The van der Waals surface area contributed by atoms with Crippen molar-refractivity contribution >= 4 is 17.5 Å². The second-order valence-electron chi connectivity index (χ2n) is 5.51. The zero-order valence-corrected chi connectivity index (χ0v) is 13.2. The molecule has 1 N–H and O–H groups in total. The van der Waals surface area contributed by atoms with Crippen LogP contribution >= 0.6 is 0 Å². The third-order valence-electron chi connectivity index (χ3n) is 3.91. The van der Waals surface area contributed by atoms with Gasteiger partial charge in [-0.15, -0.1) is 0 Å². The van der Waals surface area contributed by atoms with Crippen molar-refractivity contribution in [2.45, 2.75) is 6.18 Å². The molecule has 2 heterocycles. The monoisotopic (exact) mass is 351 g/mol. The first kappa shape index (κ1) is 17.0. The van der Waals surface area contributed by atoms with Crippen LogP contribution in [0.15, 0.2) is 42.9 Å². The van der Waals surface area contributed by atoms with E-state index in [4.69, 9.17) is 0 Å². The van der Waals surface area contributed by atoms with Gasteiger partial charge in [0.15, 0.2) is 0 Å². The Morgan fingerprint density at radius 2 is 1.80 bits per heavy atom. The van der Waals surface area contributed by atoms with Gasteiger partial charge >= 0.3 is 12.2 Å². The number of halogens is 3. The zero-order valence-electron chi connectivity index (χ0n) is 13.2. The van der Waals surface area contributed by atoms with Crippen LogP contribution in [0.1, 0.15) is 5.56 Å². The number of benzene rings is 1. The van der Waals surface area contributed by atoms with Gasteiger partial charge in [-0.1, -0.05) is 12.1 Å². The number of hydrogen-bond donors (Lipinski definition) is 1. The molecular formula is C16H16F3N5O. The molecule has 9 heteroatoms. The Labute approximate surface area is 142 Å². The number of anilines is 2. The molecule has 1 aliphatic heterocycles. The van der Waals surface area contributed by atoms with Crippen LogP contribution in [0.5, 0.6) is 0 Å². The Balaban J connectivity index is 1.63. The molecule has 132 valence electrons. The standard InChI is InChI=1S/C16H16F3N5O/c17-16(18,19)12-3-1-2-4-13(12)22-15(25)24-9-7-23(8-10-24)14-11-20-5-6-21-14/h1-6,11H,7-10H2,(H,22,25). The number of carbonyl (C=O) groups is 1. The van der Waals surface area contributed by atoms with E-state index in [2.05, 4.69) is 15.3 Å². The van der Waals surface area contributed by atoms with Crippen LogP contribution in [-0.2, 0) is 6.18 Å². The Morgan fingerprint density at radius 1 is 1.08 bits per heavy atom. The fourth-order valence-corrected chi connectivity index (χ4v) is 2.63. The summed E-state index contributed by atoms with van der Waals surface area (Å²) < 4.78 is 39.0. The van der Waals surface area contributed by atoms with Gasteiger partial charge in [0, 0.05) is 38.6 Å². The Hall–Kier alpha value is -2.84. The van der Waals surface area contributed by atoms with Crippen LogP contribution in [0, 0.1) is 0 Å². The molecular weight excluding hydrogens is 335 g/mol. The summed E-state index contributed by atoms with van der Waals surface area (Å²) in [7, 11) is 0. The Bertz CT molecular complexity index is 730. The molecule has 3 rings (SSSR count). The summed E-state index contributed by atoms with van der Waals surface area (Å²) >= 11 is 0. The van der Waals surface area contributed by atoms with Crippen LogP contribution in [-0.4, -0.2) is 47.1 Å². The fourth-order valence-electron chi connectivity index (χ4n) is 2.63. The minimum Gasteiger partial charge on any atom is -0.352 e. The van der Waals surface area contributed by atoms with Gasteiger partial charge in [-0.05, 0) is 12.1 Å². The summed E-state index contributed by atoms with van der Waals surface area (Å²) in [5.41, 5.74) is -1.10. The van der Waals surface area contributed by atoms with Gasteiger partial charge in [0.1, 0.15) is 5.82 Å². The predicted molar refractivity (Wildman–Crippen MR) is 86.3 cm³/mol. The molecule has 6 nitrogen and oxygen atoms in total. The van der Waals surface area contributed by atoms with Gasteiger partial charge in [-0.25, -0.2) is 9.78 Å². The highest BCUT2D eigenvalue weighted by molar-refractivity contribution is 5.90. The lowest BCUT2D eigenvalue weighted by atomic mass is 10.1. The van der Waals surface area contributed by atoms with Gasteiger partial charge in [0.25, 0.3) is 0 Å². The lowest BCUT2D eigenvalue weighted by molar-refractivity contribution is -0.136. The molecule has 0 bridgehead atoms. The second-order valence-corrected chi connectivity index (χ2v) is 5.51. The summed E-state index contributed by atoms with van der Waals surface area (Å²) in [4.78, 5) is 23.9. The van der Waals surface area contributed by atoms with Crippen molar-refractivity contribution in [3.8, 4) is 0 Å². The first-order chi connectivity index (χ1) is 11.9. The van der Waals surface area contributed by atoms with E-state index in [1.54, 1.807) is 18.6 Å². The lowest BCUT2D eigenvalue weighted by Crippen LogP contribution is -2.50. The van der Waals surface area contributed by atoms with Gasteiger partial charge in [0.05, 0.1) is 17.4 Å². The van der Waals surface area contributed by atoms with E-state index >= 15 is 0 Å². The van der Waals surface area contributed by atoms with E-state index in [0.29, 0.717) is 32.0 Å². The van der Waals surface area contributed by atoms with Crippen LogP contribution < -0.4 is 10.2 Å². The average molecular weight is 351 g/mol. The SMILES string of the molecule is O=C(Nc1ccccc1C(F)(F)F)N1CCN(c2cnccn2)CC1. The molecule has 2 amide bonds. The smallest absolute Gasteiger partial charge is 0.352 e. The molecule has 1 aromatic carbocycles. The highest BCUT2D eigenvalue weighted by Crippen LogP contribution is 2.34. The third kappa shape index (κ3) is 3.98. The molecule has 1 fully saturated rings. The number of nitrogens with zero attached hydrogens (tertiary/aromatic N) is 4. The van der Waals surface area contributed by atoms with Gasteiger partial charge in [-0.2, -0.15) is 13.2 Å². The van der Waals surface area contributed by atoms with Crippen LogP contribution in [0.25, 0.3) is 0 Å². The van der Waals surface area contributed by atoms with Crippen LogP contribution in [0.3, 0.4) is 0 Å². The summed E-state index contributed by atoms with van der Waals surface area (Å²) in [6.45, 7) is 1.84. The van der Waals surface area contributed by atoms with Gasteiger partial charge < -0.3 is 15.1 Å². The summed E-state index contributed by atoms with van der Waals surface area (Å²) in [6.07, 6.45) is 0.275. The molecule has 0 saturated carbocycles. The highest BCUT2D eigenvalue weighted by atomic mass is 19.4. The first-order valence-electron chi connectivity index (χ1n) is 7.68. The molecule has 1 saturated heterocycles. The van der Waals surface area contributed by atoms with Gasteiger partial charge in [-0.3, -0.25) is 4.98 Å². The number of hydrogen-bond acceptors (Lipinski definition) is 4. The second kappa shape index (κ2) is 6.96. The predicted octanol–water partition coefficient (Wildman–Crippen LogP) is 2.85. The number of nitrogens with one attached hydrogen (secondary N) is 1. The topological polar surface area (TPSA) is 61.4 Å².